The molecule has 1 heterocycles. The first-order valence-corrected chi connectivity index (χ1v) is 8.17. The van der Waals surface area contributed by atoms with Crippen LogP contribution >= 0.6 is 0 Å². The van der Waals surface area contributed by atoms with Crippen LogP contribution in [0.5, 0.6) is 0 Å². The van der Waals surface area contributed by atoms with E-state index in [-0.39, 0.29) is 0 Å². The van der Waals surface area contributed by atoms with Gasteiger partial charge in [0.1, 0.15) is 0 Å². The molecule has 1 saturated carbocycles. The average Bonchev–Trinajstić information content (AvgIpc) is 3.11. The van der Waals surface area contributed by atoms with E-state index in [0.717, 1.165) is 23.8 Å². The third-order valence-electron chi connectivity index (χ3n) is 4.32. The molecule has 1 aromatic heterocycles. The van der Waals surface area contributed by atoms with Gasteiger partial charge in [-0.05, 0) is 43.9 Å². The van der Waals surface area contributed by atoms with Crippen LogP contribution in [0.2, 0.25) is 0 Å². The van der Waals surface area contributed by atoms with E-state index in [9.17, 15) is 0 Å². The van der Waals surface area contributed by atoms with Crippen LogP contribution in [0, 0.1) is 6.92 Å². The summed E-state index contributed by atoms with van der Waals surface area (Å²) in [5.41, 5.74) is 3.62. The Morgan fingerprint density at radius 2 is 1.90 bits per heavy atom. The lowest BCUT2D eigenvalue weighted by Gasteiger charge is -2.15. The summed E-state index contributed by atoms with van der Waals surface area (Å²) in [6, 6.07) is 9.36. The topological polar surface area (TPSA) is 29.9 Å². The SMILES string of the molecule is CCCc1ccc(Nc2nc(C)cn2C2CCCC2)cc1. The summed E-state index contributed by atoms with van der Waals surface area (Å²) in [7, 11) is 0. The van der Waals surface area contributed by atoms with E-state index in [1.165, 1.54) is 37.7 Å². The van der Waals surface area contributed by atoms with E-state index < -0.39 is 0 Å². The second-order valence-electron chi connectivity index (χ2n) is 6.12. The van der Waals surface area contributed by atoms with Gasteiger partial charge >= 0.3 is 0 Å². The van der Waals surface area contributed by atoms with Crippen molar-refractivity contribution in [3.05, 3.63) is 41.7 Å². The highest BCUT2D eigenvalue weighted by molar-refractivity contribution is 5.54. The number of anilines is 2. The molecule has 0 unspecified atom stereocenters. The van der Waals surface area contributed by atoms with Gasteiger partial charge in [-0.15, -0.1) is 0 Å². The quantitative estimate of drug-likeness (QED) is 0.836. The number of hydrogen-bond donors (Lipinski definition) is 1. The molecule has 3 nitrogen and oxygen atoms in total. The Morgan fingerprint density at radius 1 is 1.19 bits per heavy atom. The van der Waals surface area contributed by atoms with Gasteiger partial charge in [-0.2, -0.15) is 0 Å². The summed E-state index contributed by atoms with van der Waals surface area (Å²) in [6.45, 7) is 4.29. The maximum absolute atomic E-state index is 4.66. The lowest BCUT2D eigenvalue weighted by molar-refractivity contribution is 0.524. The number of benzene rings is 1. The summed E-state index contributed by atoms with van der Waals surface area (Å²) in [6.07, 6.45) is 9.76. The van der Waals surface area contributed by atoms with Gasteiger partial charge in [0.2, 0.25) is 5.95 Å². The average molecular weight is 283 g/mol. The number of aromatic nitrogens is 2. The molecule has 0 bridgehead atoms. The number of nitrogens with one attached hydrogen (secondary N) is 1. The second kappa shape index (κ2) is 6.33. The lowest BCUT2D eigenvalue weighted by atomic mass is 10.1. The van der Waals surface area contributed by atoms with Gasteiger partial charge in [0.15, 0.2) is 0 Å². The molecule has 3 rings (SSSR count). The Bertz CT molecular complexity index is 577. The predicted molar refractivity (Wildman–Crippen MR) is 88.2 cm³/mol. The van der Waals surface area contributed by atoms with Crippen molar-refractivity contribution in [2.45, 2.75) is 58.4 Å². The van der Waals surface area contributed by atoms with Crippen LogP contribution in [0.1, 0.15) is 56.3 Å². The molecule has 0 aliphatic heterocycles. The fraction of sp³-hybridized carbons (Fsp3) is 0.500. The van der Waals surface area contributed by atoms with Gasteiger partial charge < -0.3 is 9.88 Å². The van der Waals surface area contributed by atoms with Gasteiger partial charge in [-0.3, -0.25) is 0 Å². The molecule has 0 spiro atoms. The van der Waals surface area contributed by atoms with Crippen molar-refractivity contribution in [3.8, 4) is 0 Å². The number of rotatable bonds is 5. The minimum Gasteiger partial charge on any atom is -0.326 e. The molecule has 1 aliphatic carbocycles. The first-order chi connectivity index (χ1) is 10.3. The molecule has 0 atom stereocenters. The van der Waals surface area contributed by atoms with Crippen LogP contribution in [0.4, 0.5) is 11.6 Å². The summed E-state index contributed by atoms with van der Waals surface area (Å²) >= 11 is 0. The fourth-order valence-electron chi connectivity index (χ4n) is 3.24. The summed E-state index contributed by atoms with van der Waals surface area (Å²) in [5, 5.41) is 3.49. The Balaban J connectivity index is 1.77. The molecule has 3 heteroatoms. The van der Waals surface area contributed by atoms with Crippen molar-refractivity contribution in [2.24, 2.45) is 0 Å². The molecule has 1 fully saturated rings. The molecule has 2 aromatic rings. The van der Waals surface area contributed by atoms with E-state index in [4.69, 9.17) is 0 Å². The molecular weight excluding hydrogens is 258 g/mol. The zero-order chi connectivity index (χ0) is 14.7. The zero-order valence-electron chi connectivity index (χ0n) is 13.1. The zero-order valence-corrected chi connectivity index (χ0v) is 13.1. The largest absolute Gasteiger partial charge is 0.326 e. The Morgan fingerprint density at radius 3 is 2.57 bits per heavy atom. The highest BCUT2D eigenvalue weighted by Crippen LogP contribution is 2.32. The highest BCUT2D eigenvalue weighted by atomic mass is 15.2. The Kier molecular flexibility index (Phi) is 4.28. The van der Waals surface area contributed by atoms with E-state index in [1.54, 1.807) is 0 Å². The van der Waals surface area contributed by atoms with Crippen molar-refractivity contribution in [1.29, 1.82) is 0 Å². The molecule has 0 amide bonds. The van der Waals surface area contributed by atoms with Crippen molar-refractivity contribution in [3.63, 3.8) is 0 Å². The van der Waals surface area contributed by atoms with Crippen LogP contribution in [-0.4, -0.2) is 9.55 Å². The summed E-state index contributed by atoms with van der Waals surface area (Å²) in [5.74, 6) is 0.989. The number of hydrogen-bond acceptors (Lipinski definition) is 2. The molecule has 0 radical (unpaired) electrons. The predicted octanol–water partition coefficient (Wildman–Crippen LogP) is 5.00. The van der Waals surface area contributed by atoms with Crippen LogP contribution < -0.4 is 5.32 Å². The maximum Gasteiger partial charge on any atom is 0.207 e. The molecular formula is C18H25N3. The number of nitrogens with zero attached hydrogens (tertiary/aromatic N) is 2. The van der Waals surface area contributed by atoms with Gasteiger partial charge in [0, 0.05) is 17.9 Å². The number of aryl methyl sites for hydroxylation is 2. The van der Waals surface area contributed by atoms with Crippen molar-refractivity contribution >= 4 is 11.6 Å². The molecule has 0 saturated heterocycles. The first kappa shape index (κ1) is 14.2. The summed E-state index contributed by atoms with van der Waals surface area (Å²) < 4.78 is 2.34. The Hall–Kier alpha value is -1.77. The normalized spacial score (nSPS) is 15.5. The van der Waals surface area contributed by atoms with E-state index in [2.05, 4.69) is 59.2 Å². The van der Waals surface area contributed by atoms with Gasteiger partial charge in [0.25, 0.3) is 0 Å². The third kappa shape index (κ3) is 3.29. The van der Waals surface area contributed by atoms with E-state index in [1.807, 2.05) is 0 Å². The lowest BCUT2D eigenvalue weighted by Crippen LogP contribution is -2.07. The molecule has 112 valence electrons. The fourth-order valence-corrected chi connectivity index (χ4v) is 3.24. The minimum atomic E-state index is 0.619. The molecule has 1 aromatic carbocycles. The van der Waals surface area contributed by atoms with Crippen molar-refractivity contribution in [1.82, 2.24) is 9.55 Å². The minimum absolute atomic E-state index is 0.619. The van der Waals surface area contributed by atoms with Crippen LogP contribution in [0.3, 0.4) is 0 Å². The van der Waals surface area contributed by atoms with E-state index in [0.29, 0.717) is 6.04 Å². The second-order valence-corrected chi connectivity index (χ2v) is 6.12. The highest BCUT2D eigenvalue weighted by Gasteiger charge is 2.20. The van der Waals surface area contributed by atoms with Gasteiger partial charge in [-0.25, -0.2) is 4.98 Å². The van der Waals surface area contributed by atoms with Crippen molar-refractivity contribution in [2.75, 3.05) is 5.32 Å². The molecule has 1 N–H and O–H groups in total. The van der Waals surface area contributed by atoms with Crippen LogP contribution in [0.25, 0.3) is 0 Å². The van der Waals surface area contributed by atoms with Gasteiger partial charge in [-0.1, -0.05) is 38.3 Å². The number of imidazole rings is 1. The molecule has 1 aliphatic rings. The Labute approximate surface area is 127 Å². The summed E-state index contributed by atoms with van der Waals surface area (Å²) in [4.78, 5) is 4.66. The van der Waals surface area contributed by atoms with Crippen LogP contribution in [0.15, 0.2) is 30.5 Å². The third-order valence-corrected chi connectivity index (χ3v) is 4.32. The first-order valence-electron chi connectivity index (χ1n) is 8.17. The standard InChI is InChI=1S/C18H25N3/c1-3-6-15-9-11-16(12-10-15)20-18-19-14(2)13-21(18)17-7-4-5-8-17/h9-13,17H,3-8H2,1-2H3,(H,19,20). The molecule has 21 heavy (non-hydrogen) atoms. The van der Waals surface area contributed by atoms with Crippen molar-refractivity contribution < 1.29 is 0 Å². The monoisotopic (exact) mass is 283 g/mol. The maximum atomic E-state index is 4.66. The smallest absolute Gasteiger partial charge is 0.207 e. The van der Waals surface area contributed by atoms with Crippen LogP contribution in [-0.2, 0) is 6.42 Å². The van der Waals surface area contributed by atoms with E-state index >= 15 is 0 Å². The van der Waals surface area contributed by atoms with Gasteiger partial charge in [0.05, 0.1) is 5.69 Å².